The third-order valence-electron chi connectivity index (χ3n) is 3.02. The van der Waals surface area contributed by atoms with Crippen LogP contribution in [0, 0.1) is 13.8 Å². The van der Waals surface area contributed by atoms with Crippen molar-refractivity contribution in [2.24, 2.45) is 0 Å². The van der Waals surface area contributed by atoms with Gasteiger partial charge in [0.15, 0.2) is 9.84 Å². The van der Waals surface area contributed by atoms with Gasteiger partial charge in [-0.15, -0.1) is 0 Å². The topological polar surface area (TPSA) is 46.2 Å². The van der Waals surface area contributed by atoms with Crippen LogP contribution in [0.5, 0.6) is 0 Å². The second kappa shape index (κ2) is 6.34. The molecule has 0 aliphatic rings. The second-order valence-electron chi connectivity index (χ2n) is 4.94. The molecule has 0 bridgehead atoms. The predicted molar refractivity (Wildman–Crippen MR) is 76.5 cm³/mol. The van der Waals surface area contributed by atoms with Crippen molar-refractivity contribution < 1.29 is 8.42 Å². The van der Waals surface area contributed by atoms with Gasteiger partial charge in [-0.25, -0.2) is 8.42 Å². The predicted octanol–water partition coefficient (Wildman–Crippen LogP) is 2.22. The Morgan fingerprint density at radius 3 is 2.17 bits per heavy atom. The molecule has 0 radical (unpaired) electrons. The van der Waals surface area contributed by atoms with E-state index >= 15 is 0 Å². The lowest BCUT2D eigenvalue weighted by Crippen LogP contribution is -2.32. The zero-order valence-electron chi connectivity index (χ0n) is 11.7. The largest absolute Gasteiger partial charge is 0.316 e. The van der Waals surface area contributed by atoms with Crippen LogP contribution in [0.2, 0.25) is 0 Å². The zero-order valence-corrected chi connectivity index (χ0v) is 12.5. The number of hydrogen-bond acceptors (Lipinski definition) is 3. The van der Waals surface area contributed by atoms with E-state index < -0.39 is 9.84 Å². The molecule has 0 fully saturated rings. The lowest BCUT2D eigenvalue weighted by Gasteiger charge is -2.14. The van der Waals surface area contributed by atoms with Crippen LogP contribution in [0.15, 0.2) is 18.2 Å². The highest BCUT2D eigenvalue weighted by molar-refractivity contribution is 7.90. The van der Waals surface area contributed by atoms with Crippen LogP contribution in [-0.2, 0) is 15.6 Å². The van der Waals surface area contributed by atoms with Gasteiger partial charge in [-0.2, -0.15) is 0 Å². The number of hydrogen-bond donors (Lipinski definition) is 1. The molecule has 1 aromatic rings. The quantitative estimate of drug-likeness (QED) is 0.861. The van der Waals surface area contributed by atoms with Crippen LogP contribution in [0.4, 0.5) is 0 Å². The number of nitrogens with one attached hydrogen (secondary N) is 1. The van der Waals surface area contributed by atoms with Crippen LogP contribution in [0.1, 0.15) is 30.0 Å². The van der Waals surface area contributed by atoms with Gasteiger partial charge in [0.1, 0.15) is 0 Å². The van der Waals surface area contributed by atoms with Crippen LogP contribution < -0.4 is 5.32 Å². The van der Waals surface area contributed by atoms with Gasteiger partial charge in [0.2, 0.25) is 0 Å². The van der Waals surface area contributed by atoms with E-state index in [1.54, 1.807) is 7.05 Å². The summed E-state index contributed by atoms with van der Waals surface area (Å²) in [7, 11) is -1.25. The molecule has 0 spiro atoms. The van der Waals surface area contributed by atoms with Gasteiger partial charge >= 0.3 is 0 Å². The summed E-state index contributed by atoms with van der Waals surface area (Å²) >= 11 is 0. The summed E-state index contributed by atoms with van der Waals surface area (Å²) in [5, 5.41) is 3.04. The number of aryl methyl sites for hydroxylation is 2. The Balaban J connectivity index is 2.82. The Labute approximate surface area is 111 Å². The third-order valence-corrected chi connectivity index (χ3v) is 4.71. The van der Waals surface area contributed by atoms with Crippen LogP contribution in [0.25, 0.3) is 0 Å². The minimum absolute atomic E-state index is 0.0425. The molecule has 1 N–H and O–H groups in total. The van der Waals surface area contributed by atoms with Crippen molar-refractivity contribution in [3.05, 3.63) is 34.9 Å². The maximum atomic E-state index is 12.1. The molecule has 0 aromatic heterocycles. The third kappa shape index (κ3) is 4.78. The first-order chi connectivity index (χ1) is 8.36. The molecule has 18 heavy (non-hydrogen) atoms. The standard InChI is InChI=1S/C14H23NO2S/c1-5-14(15-4)10-18(16,17)9-13-7-11(2)6-12(3)8-13/h6-8,14-15H,5,9-10H2,1-4H3. The first-order valence-corrected chi connectivity index (χ1v) is 8.13. The van der Waals surface area contributed by atoms with Crippen molar-refractivity contribution in [2.45, 2.75) is 39.0 Å². The molecule has 102 valence electrons. The summed E-state index contributed by atoms with van der Waals surface area (Å²) < 4.78 is 24.2. The highest BCUT2D eigenvalue weighted by atomic mass is 32.2. The summed E-state index contributed by atoms with van der Waals surface area (Å²) in [6.07, 6.45) is 0.822. The molecule has 4 heteroatoms. The Kier molecular flexibility index (Phi) is 5.35. The van der Waals surface area contributed by atoms with Crippen LogP contribution in [0.3, 0.4) is 0 Å². The molecule has 0 amide bonds. The zero-order chi connectivity index (χ0) is 13.8. The van der Waals surface area contributed by atoms with Gasteiger partial charge in [0, 0.05) is 6.04 Å². The van der Waals surface area contributed by atoms with Crippen molar-refractivity contribution in [2.75, 3.05) is 12.8 Å². The van der Waals surface area contributed by atoms with Gasteiger partial charge in [-0.05, 0) is 32.9 Å². The number of rotatable bonds is 6. The average Bonchev–Trinajstić information content (AvgIpc) is 2.23. The van der Waals surface area contributed by atoms with Crippen molar-refractivity contribution in [3.63, 3.8) is 0 Å². The first kappa shape index (κ1) is 15.2. The fourth-order valence-electron chi connectivity index (χ4n) is 2.18. The molecule has 1 aromatic carbocycles. The summed E-state index contributed by atoms with van der Waals surface area (Å²) in [6.45, 7) is 5.98. The summed E-state index contributed by atoms with van der Waals surface area (Å²) in [5.74, 6) is 0.334. The van der Waals surface area contributed by atoms with Gasteiger partial charge in [0.05, 0.1) is 11.5 Å². The van der Waals surface area contributed by atoms with E-state index in [1.807, 2.05) is 32.9 Å². The molecule has 1 unspecified atom stereocenters. The second-order valence-corrected chi connectivity index (χ2v) is 7.05. The first-order valence-electron chi connectivity index (χ1n) is 6.31. The van der Waals surface area contributed by atoms with Crippen molar-refractivity contribution in [1.82, 2.24) is 5.32 Å². The number of benzene rings is 1. The fraction of sp³-hybridized carbons (Fsp3) is 0.571. The van der Waals surface area contributed by atoms with E-state index in [1.165, 1.54) is 0 Å². The SMILES string of the molecule is CCC(CS(=O)(=O)Cc1cc(C)cc(C)c1)NC. The molecule has 0 heterocycles. The van der Waals surface area contributed by atoms with E-state index in [9.17, 15) is 8.42 Å². The molecule has 1 rings (SSSR count). The summed E-state index contributed by atoms with van der Waals surface area (Å²) in [4.78, 5) is 0. The van der Waals surface area contributed by atoms with Gasteiger partial charge in [-0.3, -0.25) is 0 Å². The van der Waals surface area contributed by atoms with E-state index in [2.05, 4.69) is 11.4 Å². The summed E-state index contributed by atoms with van der Waals surface area (Å²) in [5.41, 5.74) is 3.11. The number of sulfone groups is 1. The lowest BCUT2D eigenvalue weighted by atomic mass is 10.1. The molecule has 3 nitrogen and oxygen atoms in total. The Morgan fingerprint density at radius 2 is 1.72 bits per heavy atom. The Bertz CT molecular complexity index is 470. The normalized spacial score (nSPS) is 13.6. The minimum Gasteiger partial charge on any atom is -0.316 e. The minimum atomic E-state index is -3.05. The molecule has 1 atom stereocenters. The van der Waals surface area contributed by atoms with Crippen LogP contribution in [-0.4, -0.2) is 27.3 Å². The average molecular weight is 269 g/mol. The van der Waals surface area contributed by atoms with Crippen LogP contribution >= 0.6 is 0 Å². The molecule has 0 saturated carbocycles. The molecular weight excluding hydrogens is 246 g/mol. The Morgan fingerprint density at radius 1 is 1.17 bits per heavy atom. The van der Waals surface area contributed by atoms with Crippen molar-refractivity contribution >= 4 is 9.84 Å². The molecule has 0 aliphatic carbocycles. The van der Waals surface area contributed by atoms with Gasteiger partial charge in [0.25, 0.3) is 0 Å². The van der Waals surface area contributed by atoms with E-state index in [0.717, 1.165) is 23.1 Å². The van der Waals surface area contributed by atoms with Crippen molar-refractivity contribution in [3.8, 4) is 0 Å². The smallest absolute Gasteiger partial charge is 0.155 e. The van der Waals surface area contributed by atoms with Gasteiger partial charge in [-0.1, -0.05) is 36.2 Å². The summed E-state index contributed by atoms with van der Waals surface area (Å²) in [6, 6.07) is 6.00. The lowest BCUT2D eigenvalue weighted by molar-refractivity contribution is 0.555. The molecule has 0 saturated heterocycles. The maximum Gasteiger partial charge on any atom is 0.155 e. The molecular formula is C14H23NO2S. The maximum absolute atomic E-state index is 12.1. The highest BCUT2D eigenvalue weighted by Crippen LogP contribution is 2.13. The Hall–Kier alpha value is -0.870. The van der Waals surface area contributed by atoms with E-state index in [0.29, 0.717) is 0 Å². The fourth-order valence-corrected chi connectivity index (χ4v) is 3.98. The van der Waals surface area contributed by atoms with E-state index in [4.69, 9.17) is 0 Å². The van der Waals surface area contributed by atoms with Gasteiger partial charge < -0.3 is 5.32 Å². The molecule has 0 aliphatic heterocycles. The monoisotopic (exact) mass is 269 g/mol. The van der Waals surface area contributed by atoms with Crippen molar-refractivity contribution in [1.29, 1.82) is 0 Å². The highest BCUT2D eigenvalue weighted by Gasteiger charge is 2.17. The van der Waals surface area contributed by atoms with E-state index in [-0.39, 0.29) is 17.5 Å².